The predicted molar refractivity (Wildman–Crippen MR) is 124 cm³/mol. The molecule has 0 spiro atoms. The van der Waals surface area contributed by atoms with E-state index in [9.17, 15) is 13.2 Å². The third-order valence-corrected chi connectivity index (χ3v) is 7.96. The number of nitrogens with zero attached hydrogens (tertiary/aromatic N) is 4. The summed E-state index contributed by atoms with van der Waals surface area (Å²) in [4.78, 5) is 22.8. The molecule has 0 atom stereocenters. The number of imidazole rings is 1. The Morgan fingerprint density at radius 3 is 2.58 bits per heavy atom. The molecular formula is C21H29N5O3S2. The van der Waals surface area contributed by atoms with Crippen LogP contribution in [0.5, 0.6) is 0 Å². The quantitative estimate of drug-likeness (QED) is 0.521. The molecule has 0 aliphatic rings. The maximum absolute atomic E-state index is 12.5. The van der Waals surface area contributed by atoms with Gasteiger partial charge in [0.15, 0.2) is 5.13 Å². The van der Waals surface area contributed by atoms with Gasteiger partial charge in [-0.1, -0.05) is 13.3 Å². The van der Waals surface area contributed by atoms with Crippen LogP contribution in [0, 0.1) is 13.8 Å². The molecule has 8 nitrogen and oxygen atoms in total. The van der Waals surface area contributed by atoms with E-state index in [-0.39, 0.29) is 17.2 Å². The van der Waals surface area contributed by atoms with Crippen LogP contribution in [0.1, 0.15) is 42.6 Å². The van der Waals surface area contributed by atoms with Crippen molar-refractivity contribution in [3.05, 3.63) is 34.6 Å². The number of carbonyl (C=O) groups excluding carboxylic acids is 1. The average molecular weight is 464 g/mol. The van der Waals surface area contributed by atoms with E-state index in [1.54, 1.807) is 18.2 Å². The summed E-state index contributed by atoms with van der Waals surface area (Å²) in [5.74, 6) is 0.670. The Kier molecular flexibility index (Phi) is 7.13. The molecule has 0 unspecified atom stereocenters. The highest BCUT2D eigenvalue weighted by atomic mass is 32.2. The molecule has 3 aromatic rings. The lowest BCUT2D eigenvalue weighted by molar-refractivity contribution is -0.116. The van der Waals surface area contributed by atoms with E-state index in [1.807, 2.05) is 13.8 Å². The number of nitrogens with one attached hydrogen (secondary N) is 1. The van der Waals surface area contributed by atoms with Crippen LogP contribution in [0.3, 0.4) is 0 Å². The molecule has 10 heteroatoms. The second kappa shape index (κ2) is 9.46. The Labute approximate surface area is 187 Å². The van der Waals surface area contributed by atoms with Crippen LogP contribution in [-0.2, 0) is 27.8 Å². The number of thiazole rings is 1. The molecule has 2 aromatic heterocycles. The summed E-state index contributed by atoms with van der Waals surface area (Å²) in [7, 11) is -0.519. The van der Waals surface area contributed by atoms with Crippen LogP contribution >= 0.6 is 11.3 Å². The Bertz CT molecular complexity index is 1180. The predicted octanol–water partition coefficient (Wildman–Crippen LogP) is 3.73. The van der Waals surface area contributed by atoms with Crippen molar-refractivity contribution in [2.75, 3.05) is 19.4 Å². The first-order valence-electron chi connectivity index (χ1n) is 10.3. The first-order chi connectivity index (χ1) is 14.6. The van der Waals surface area contributed by atoms with Crippen molar-refractivity contribution in [3.8, 4) is 0 Å². The van der Waals surface area contributed by atoms with Crippen molar-refractivity contribution in [2.24, 2.45) is 0 Å². The number of fused-ring (bicyclic) bond motifs is 1. The highest BCUT2D eigenvalue weighted by Crippen LogP contribution is 2.24. The molecule has 2 heterocycles. The number of rotatable bonds is 9. The molecule has 1 aromatic carbocycles. The topological polar surface area (TPSA) is 97.2 Å². The van der Waals surface area contributed by atoms with Gasteiger partial charge in [0, 0.05) is 38.4 Å². The number of aromatic nitrogens is 3. The smallest absolute Gasteiger partial charge is 0.242 e. The van der Waals surface area contributed by atoms with Crippen molar-refractivity contribution in [3.63, 3.8) is 0 Å². The van der Waals surface area contributed by atoms with Gasteiger partial charge in [-0.15, -0.1) is 11.3 Å². The van der Waals surface area contributed by atoms with Crippen LogP contribution < -0.4 is 5.32 Å². The van der Waals surface area contributed by atoms with Crippen molar-refractivity contribution >= 4 is 43.4 Å². The lowest BCUT2D eigenvalue weighted by Gasteiger charge is -2.11. The van der Waals surface area contributed by atoms with Crippen LogP contribution in [0.25, 0.3) is 11.0 Å². The maximum Gasteiger partial charge on any atom is 0.242 e. The van der Waals surface area contributed by atoms with Crippen molar-refractivity contribution in [1.82, 2.24) is 18.8 Å². The van der Waals surface area contributed by atoms with Gasteiger partial charge in [-0.2, -0.15) is 0 Å². The standard InChI is InChI=1S/C21H29N5O3S2/c1-6-7-12-26-18-9-8-16(31(28,29)25(4)5)13-17(18)23-19(26)10-11-20(27)24-21-22-14(2)15(3)30-21/h8-9,13H,6-7,10-12H2,1-5H3,(H,22,24,27). The second-order valence-corrected chi connectivity index (χ2v) is 11.0. The Morgan fingerprint density at radius 2 is 1.97 bits per heavy atom. The van der Waals surface area contributed by atoms with Gasteiger partial charge in [-0.05, 0) is 38.5 Å². The molecule has 168 valence electrons. The number of unbranched alkanes of at least 4 members (excludes halogenated alkanes) is 1. The summed E-state index contributed by atoms with van der Waals surface area (Å²) >= 11 is 1.46. The van der Waals surface area contributed by atoms with Gasteiger partial charge in [0.2, 0.25) is 15.9 Å². The van der Waals surface area contributed by atoms with Gasteiger partial charge >= 0.3 is 0 Å². The van der Waals surface area contributed by atoms with Crippen molar-refractivity contribution in [1.29, 1.82) is 0 Å². The fraction of sp³-hybridized carbons (Fsp3) is 0.476. The van der Waals surface area contributed by atoms with Crippen LogP contribution in [0.4, 0.5) is 5.13 Å². The number of carbonyl (C=O) groups is 1. The van der Waals surface area contributed by atoms with Crippen molar-refractivity contribution in [2.45, 2.75) is 57.9 Å². The van der Waals surface area contributed by atoms with E-state index >= 15 is 0 Å². The Balaban J connectivity index is 1.84. The van der Waals surface area contributed by atoms with Crippen LogP contribution in [-0.4, -0.2) is 47.3 Å². The minimum atomic E-state index is -3.54. The molecule has 0 fully saturated rings. The maximum atomic E-state index is 12.5. The summed E-state index contributed by atoms with van der Waals surface area (Å²) in [5.41, 5.74) is 2.43. The highest BCUT2D eigenvalue weighted by molar-refractivity contribution is 7.89. The van der Waals surface area contributed by atoms with E-state index in [0.29, 0.717) is 17.1 Å². The first-order valence-corrected chi connectivity index (χ1v) is 12.5. The summed E-state index contributed by atoms with van der Waals surface area (Å²) in [6.07, 6.45) is 2.73. The summed E-state index contributed by atoms with van der Waals surface area (Å²) in [6.45, 7) is 6.78. The largest absolute Gasteiger partial charge is 0.328 e. The van der Waals surface area contributed by atoms with E-state index in [4.69, 9.17) is 0 Å². The fourth-order valence-electron chi connectivity index (χ4n) is 3.22. The zero-order chi connectivity index (χ0) is 22.8. The number of benzene rings is 1. The molecule has 1 amide bonds. The van der Waals surface area contributed by atoms with Crippen molar-refractivity contribution < 1.29 is 13.2 Å². The third-order valence-electron chi connectivity index (χ3n) is 5.16. The van der Waals surface area contributed by atoms with Gasteiger partial charge in [0.1, 0.15) is 5.82 Å². The van der Waals surface area contributed by atoms with Gasteiger partial charge in [0.25, 0.3) is 0 Å². The minimum absolute atomic E-state index is 0.112. The molecule has 0 aliphatic carbocycles. The second-order valence-electron chi connectivity index (χ2n) is 7.68. The minimum Gasteiger partial charge on any atom is -0.328 e. The lowest BCUT2D eigenvalue weighted by atomic mass is 10.2. The number of sulfonamides is 1. The van der Waals surface area contributed by atoms with Gasteiger partial charge < -0.3 is 9.88 Å². The number of amides is 1. The molecule has 0 aliphatic heterocycles. The zero-order valence-corrected chi connectivity index (χ0v) is 20.2. The number of aryl methyl sites for hydroxylation is 4. The molecule has 0 bridgehead atoms. The number of anilines is 1. The highest BCUT2D eigenvalue weighted by Gasteiger charge is 2.20. The summed E-state index contributed by atoms with van der Waals surface area (Å²) in [5, 5.41) is 3.47. The summed E-state index contributed by atoms with van der Waals surface area (Å²) < 4.78 is 28.3. The van der Waals surface area contributed by atoms with Gasteiger partial charge in [-0.3, -0.25) is 4.79 Å². The van der Waals surface area contributed by atoms with Crippen LogP contribution in [0.15, 0.2) is 23.1 Å². The number of hydrogen-bond acceptors (Lipinski definition) is 6. The lowest BCUT2D eigenvalue weighted by Crippen LogP contribution is -2.22. The molecule has 0 saturated carbocycles. The molecule has 0 saturated heterocycles. The Hall–Kier alpha value is -2.30. The fourth-order valence-corrected chi connectivity index (χ4v) is 4.97. The molecule has 1 N–H and O–H groups in total. The summed E-state index contributed by atoms with van der Waals surface area (Å²) in [6, 6.07) is 5.03. The first kappa shape index (κ1) is 23.4. The molecule has 0 radical (unpaired) electrons. The zero-order valence-electron chi connectivity index (χ0n) is 18.6. The average Bonchev–Trinajstić information content (AvgIpc) is 3.22. The molecule has 31 heavy (non-hydrogen) atoms. The molecule has 3 rings (SSSR count). The third kappa shape index (κ3) is 5.13. The molecular weight excluding hydrogens is 434 g/mol. The van der Waals surface area contributed by atoms with Gasteiger partial charge in [-0.25, -0.2) is 22.7 Å². The van der Waals surface area contributed by atoms with E-state index in [0.717, 1.165) is 41.3 Å². The Morgan fingerprint density at radius 1 is 1.23 bits per heavy atom. The monoisotopic (exact) mass is 463 g/mol. The van der Waals surface area contributed by atoms with Crippen LogP contribution in [0.2, 0.25) is 0 Å². The van der Waals surface area contributed by atoms with E-state index in [1.165, 1.54) is 29.7 Å². The van der Waals surface area contributed by atoms with E-state index < -0.39 is 10.0 Å². The van der Waals surface area contributed by atoms with Gasteiger partial charge in [0.05, 0.1) is 21.6 Å². The van der Waals surface area contributed by atoms with E-state index in [2.05, 4.69) is 26.8 Å². The SMILES string of the molecule is CCCCn1c(CCC(=O)Nc2nc(C)c(C)s2)nc2cc(S(=O)(=O)N(C)C)ccc21. The normalized spacial score (nSPS) is 12.1. The number of hydrogen-bond donors (Lipinski definition) is 1.